The van der Waals surface area contributed by atoms with Crippen LogP contribution in [-0.2, 0) is 14.8 Å². The highest BCUT2D eigenvalue weighted by atomic mass is 32.2. The van der Waals surface area contributed by atoms with E-state index in [-0.39, 0.29) is 11.9 Å². The van der Waals surface area contributed by atoms with Crippen molar-refractivity contribution in [1.29, 1.82) is 0 Å². The van der Waals surface area contributed by atoms with E-state index in [1.807, 2.05) is 0 Å². The second-order valence-corrected chi connectivity index (χ2v) is 6.64. The number of furan rings is 1. The molecule has 0 radical (unpaired) electrons. The van der Waals surface area contributed by atoms with Gasteiger partial charge in [-0.15, -0.1) is 0 Å². The van der Waals surface area contributed by atoms with Crippen molar-refractivity contribution in [3.63, 3.8) is 0 Å². The molecule has 1 amide bonds. The number of piperidine rings is 1. The van der Waals surface area contributed by atoms with Crippen LogP contribution in [0.3, 0.4) is 0 Å². The summed E-state index contributed by atoms with van der Waals surface area (Å²) in [6.45, 7) is 1.04. The fourth-order valence-corrected chi connectivity index (χ4v) is 3.02. The lowest BCUT2D eigenvalue weighted by Gasteiger charge is -2.32. The molecule has 1 N–H and O–H groups in total. The Balaban J connectivity index is 1.93. The van der Waals surface area contributed by atoms with Gasteiger partial charge in [-0.25, -0.2) is 13.1 Å². The summed E-state index contributed by atoms with van der Waals surface area (Å²) in [7, 11) is -3.24. The Labute approximate surface area is 118 Å². The van der Waals surface area contributed by atoms with Gasteiger partial charge in [0.15, 0.2) is 0 Å². The maximum atomic E-state index is 12.0. The van der Waals surface area contributed by atoms with Gasteiger partial charge in [-0.1, -0.05) is 0 Å². The van der Waals surface area contributed by atoms with Gasteiger partial charge in [0.05, 0.1) is 12.5 Å². The summed E-state index contributed by atoms with van der Waals surface area (Å²) >= 11 is 0. The highest BCUT2D eigenvalue weighted by Gasteiger charge is 2.24. The SMILES string of the molecule is CS(=O)(=O)N[C@H]1CCCN(C(=O)/C=C\c2ccco2)C1. The van der Waals surface area contributed by atoms with Crippen LogP contribution in [0, 0.1) is 0 Å². The van der Waals surface area contributed by atoms with E-state index >= 15 is 0 Å². The first-order valence-corrected chi connectivity index (χ1v) is 8.31. The van der Waals surface area contributed by atoms with Crippen LogP contribution in [0.5, 0.6) is 0 Å². The maximum Gasteiger partial charge on any atom is 0.246 e. The third-order valence-electron chi connectivity index (χ3n) is 3.05. The van der Waals surface area contributed by atoms with E-state index in [0.717, 1.165) is 19.1 Å². The summed E-state index contributed by atoms with van der Waals surface area (Å²) in [5.41, 5.74) is 0. The molecule has 1 aromatic rings. The molecule has 1 saturated heterocycles. The van der Waals surface area contributed by atoms with Gasteiger partial charge in [-0.3, -0.25) is 4.79 Å². The molecule has 0 spiro atoms. The molecule has 1 aliphatic rings. The van der Waals surface area contributed by atoms with E-state index in [1.165, 1.54) is 12.3 Å². The highest BCUT2D eigenvalue weighted by molar-refractivity contribution is 7.88. The van der Waals surface area contributed by atoms with Crippen molar-refractivity contribution in [2.45, 2.75) is 18.9 Å². The minimum atomic E-state index is -3.24. The number of carbonyl (C=O) groups is 1. The topological polar surface area (TPSA) is 79.6 Å². The Morgan fingerprint density at radius 1 is 1.55 bits per heavy atom. The highest BCUT2D eigenvalue weighted by Crippen LogP contribution is 2.12. The lowest BCUT2D eigenvalue weighted by atomic mass is 10.1. The van der Waals surface area contributed by atoms with Crippen LogP contribution in [-0.4, -0.2) is 44.6 Å². The third-order valence-corrected chi connectivity index (χ3v) is 3.81. The number of hydrogen-bond acceptors (Lipinski definition) is 4. The summed E-state index contributed by atoms with van der Waals surface area (Å²) in [5, 5.41) is 0. The molecular formula is C13H18N2O4S. The molecular weight excluding hydrogens is 280 g/mol. The lowest BCUT2D eigenvalue weighted by molar-refractivity contribution is -0.127. The van der Waals surface area contributed by atoms with Crippen molar-refractivity contribution in [2.75, 3.05) is 19.3 Å². The first-order valence-electron chi connectivity index (χ1n) is 6.42. The molecule has 7 heteroatoms. The molecule has 1 fully saturated rings. The van der Waals surface area contributed by atoms with Crippen LogP contribution in [0.15, 0.2) is 28.9 Å². The number of sulfonamides is 1. The van der Waals surface area contributed by atoms with Crippen molar-refractivity contribution in [3.8, 4) is 0 Å². The van der Waals surface area contributed by atoms with Crippen molar-refractivity contribution >= 4 is 22.0 Å². The maximum absolute atomic E-state index is 12.0. The van der Waals surface area contributed by atoms with Gasteiger partial charge < -0.3 is 9.32 Å². The lowest BCUT2D eigenvalue weighted by Crippen LogP contribution is -2.48. The van der Waals surface area contributed by atoms with Crippen molar-refractivity contribution in [3.05, 3.63) is 30.2 Å². The minimum Gasteiger partial charge on any atom is -0.465 e. The quantitative estimate of drug-likeness (QED) is 0.835. The van der Waals surface area contributed by atoms with E-state index in [9.17, 15) is 13.2 Å². The largest absolute Gasteiger partial charge is 0.465 e. The molecule has 1 aromatic heterocycles. The summed E-state index contributed by atoms with van der Waals surface area (Å²) in [6, 6.07) is 3.30. The zero-order valence-corrected chi connectivity index (χ0v) is 12.1. The normalized spacial score (nSPS) is 20.4. The molecule has 1 atom stereocenters. The molecule has 0 saturated carbocycles. The second-order valence-electron chi connectivity index (χ2n) is 4.86. The van der Waals surface area contributed by atoms with Crippen LogP contribution in [0.4, 0.5) is 0 Å². The number of likely N-dealkylation sites (tertiary alicyclic amines) is 1. The van der Waals surface area contributed by atoms with Crippen molar-refractivity contribution < 1.29 is 17.6 Å². The molecule has 0 unspecified atom stereocenters. The molecule has 20 heavy (non-hydrogen) atoms. The average Bonchev–Trinajstić information content (AvgIpc) is 2.87. The molecule has 6 nitrogen and oxygen atoms in total. The average molecular weight is 298 g/mol. The Morgan fingerprint density at radius 3 is 3.00 bits per heavy atom. The number of nitrogens with zero attached hydrogens (tertiary/aromatic N) is 1. The first-order chi connectivity index (χ1) is 9.44. The Morgan fingerprint density at radius 2 is 2.35 bits per heavy atom. The smallest absolute Gasteiger partial charge is 0.246 e. The summed E-state index contributed by atoms with van der Waals surface area (Å²) in [6.07, 6.45) is 7.26. The standard InChI is InChI=1S/C13H18N2O4S/c1-20(17,18)14-11-4-2-8-15(10-11)13(16)7-6-12-5-3-9-19-12/h3,5-7,9,11,14H,2,4,8,10H2,1H3/b7-6-/t11-/m0/s1. The molecule has 0 aliphatic carbocycles. The van der Waals surface area contributed by atoms with Crippen LogP contribution < -0.4 is 4.72 Å². The molecule has 2 heterocycles. The Hall–Kier alpha value is -1.60. The van der Waals surface area contributed by atoms with Gasteiger partial charge in [0, 0.05) is 25.2 Å². The van der Waals surface area contributed by atoms with E-state index in [0.29, 0.717) is 18.8 Å². The van der Waals surface area contributed by atoms with E-state index < -0.39 is 10.0 Å². The number of nitrogens with one attached hydrogen (secondary N) is 1. The monoisotopic (exact) mass is 298 g/mol. The number of hydrogen-bond donors (Lipinski definition) is 1. The van der Waals surface area contributed by atoms with E-state index in [2.05, 4.69) is 4.72 Å². The minimum absolute atomic E-state index is 0.138. The van der Waals surface area contributed by atoms with Gasteiger partial charge in [0.1, 0.15) is 5.76 Å². The second kappa shape index (κ2) is 6.23. The number of rotatable bonds is 4. The Kier molecular flexibility index (Phi) is 4.61. The van der Waals surface area contributed by atoms with Gasteiger partial charge >= 0.3 is 0 Å². The fourth-order valence-electron chi connectivity index (χ4n) is 2.22. The first kappa shape index (κ1) is 14.8. The van der Waals surface area contributed by atoms with Gasteiger partial charge in [0.25, 0.3) is 0 Å². The zero-order chi connectivity index (χ0) is 14.6. The molecule has 110 valence electrons. The van der Waals surface area contributed by atoms with Crippen LogP contribution in [0.1, 0.15) is 18.6 Å². The number of carbonyl (C=O) groups excluding carboxylic acids is 1. The Bertz CT molecular complexity index is 578. The molecule has 0 bridgehead atoms. The third kappa shape index (κ3) is 4.50. The molecule has 2 rings (SSSR count). The molecule has 1 aliphatic heterocycles. The number of amides is 1. The zero-order valence-electron chi connectivity index (χ0n) is 11.3. The predicted octanol–water partition coefficient (Wildman–Crippen LogP) is 0.833. The predicted molar refractivity (Wildman–Crippen MR) is 75.3 cm³/mol. The van der Waals surface area contributed by atoms with Gasteiger partial charge in [-0.2, -0.15) is 0 Å². The van der Waals surface area contributed by atoms with E-state index in [1.54, 1.807) is 23.1 Å². The van der Waals surface area contributed by atoms with Crippen LogP contribution >= 0.6 is 0 Å². The van der Waals surface area contributed by atoms with E-state index in [4.69, 9.17) is 4.42 Å². The fraction of sp³-hybridized carbons (Fsp3) is 0.462. The summed E-state index contributed by atoms with van der Waals surface area (Å²) in [5.74, 6) is 0.475. The summed E-state index contributed by atoms with van der Waals surface area (Å²) in [4.78, 5) is 13.7. The van der Waals surface area contributed by atoms with Crippen LogP contribution in [0.2, 0.25) is 0 Å². The summed E-state index contributed by atoms with van der Waals surface area (Å²) < 4.78 is 30.1. The van der Waals surface area contributed by atoms with Crippen LogP contribution in [0.25, 0.3) is 6.08 Å². The van der Waals surface area contributed by atoms with Crippen molar-refractivity contribution in [2.24, 2.45) is 0 Å². The van der Waals surface area contributed by atoms with Gasteiger partial charge in [0.2, 0.25) is 15.9 Å². The van der Waals surface area contributed by atoms with Crippen molar-refractivity contribution in [1.82, 2.24) is 9.62 Å². The van der Waals surface area contributed by atoms with Gasteiger partial charge in [-0.05, 0) is 31.1 Å². The molecule has 0 aromatic carbocycles.